The molecule has 2 heterocycles. The SMILES string of the molecule is COCC(=O)n1nc(-c2ccco2)nc1NCc1ccc(C)cc1. The number of aromatic nitrogens is 3. The molecule has 3 rings (SSSR count). The van der Waals surface area contributed by atoms with Crippen molar-refractivity contribution in [1.29, 1.82) is 0 Å². The summed E-state index contributed by atoms with van der Waals surface area (Å²) in [5.41, 5.74) is 2.27. The maximum atomic E-state index is 12.2. The van der Waals surface area contributed by atoms with E-state index in [0.29, 0.717) is 24.1 Å². The molecule has 1 N–H and O–H groups in total. The van der Waals surface area contributed by atoms with Crippen LogP contribution in [0.15, 0.2) is 47.1 Å². The Morgan fingerprint density at radius 3 is 2.75 bits per heavy atom. The Morgan fingerprint density at radius 2 is 2.08 bits per heavy atom. The molecule has 0 amide bonds. The molecule has 0 radical (unpaired) electrons. The zero-order valence-electron chi connectivity index (χ0n) is 13.5. The first kappa shape index (κ1) is 15.9. The molecule has 0 unspecified atom stereocenters. The van der Waals surface area contributed by atoms with E-state index < -0.39 is 0 Å². The summed E-state index contributed by atoms with van der Waals surface area (Å²) in [6, 6.07) is 11.6. The average Bonchev–Trinajstić information content (AvgIpc) is 3.24. The van der Waals surface area contributed by atoms with E-state index in [0.717, 1.165) is 5.56 Å². The summed E-state index contributed by atoms with van der Waals surface area (Å²) < 4.78 is 11.4. The molecular weight excluding hydrogens is 308 g/mol. The zero-order chi connectivity index (χ0) is 16.9. The van der Waals surface area contributed by atoms with E-state index in [1.165, 1.54) is 23.6 Å². The number of benzene rings is 1. The van der Waals surface area contributed by atoms with Crippen molar-refractivity contribution in [3.8, 4) is 11.6 Å². The lowest BCUT2D eigenvalue weighted by molar-refractivity contribution is 0.0748. The molecule has 0 aliphatic rings. The minimum atomic E-state index is -0.311. The number of carbonyl (C=O) groups excluding carboxylic acids is 1. The summed E-state index contributed by atoms with van der Waals surface area (Å²) in [5, 5.41) is 7.36. The van der Waals surface area contributed by atoms with Gasteiger partial charge >= 0.3 is 0 Å². The summed E-state index contributed by atoms with van der Waals surface area (Å²) in [7, 11) is 1.46. The molecule has 0 saturated heterocycles. The molecule has 7 heteroatoms. The van der Waals surface area contributed by atoms with E-state index in [4.69, 9.17) is 9.15 Å². The van der Waals surface area contributed by atoms with Crippen LogP contribution in [0.2, 0.25) is 0 Å². The first-order chi connectivity index (χ1) is 11.7. The van der Waals surface area contributed by atoms with Gasteiger partial charge in [0.15, 0.2) is 5.76 Å². The molecule has 0 fully saturated rings. The number of carbonyl (C=O) groups is 1. The van der Waals surface area contributed by atoms with Crippen molar-refractivity contribution in [2.45, 2.75) is 13.5 Å². The van der Waals surface area contributed by atoms with Crippen LogP contribution < -0.4 is 5.32 Å². The molecule has 0 aliphatic heterocycles. The van der Waals surface area contributed by atoms with Gasteiger partial charge in [-0.2, -0.15) is 9.67 Å². The van der Waals surface area contributed by atoms with Gasteiger partial charge in [-0.15, -0.1) is 5.10 Å². The van der Waals surface area contributed by atoms with Crippen molar-refractivity contribution in [3.05, 3.63) is 53.8 Å². The van der Waals surface area contributed by atoms with E-state index in [1.54, 1.807) is 12.1 Å². The minimum absolute atomic E-state index is 0.0832. The Labute approximate surface area is 139 Å². The van der Waals surface area contributed by atoms with Crippen LogP contribution in [0.5, 0.6) is 0 Å². The van der Waals surface area contributed by atoms with E-state index in [2.05, 4.69) is 15.4 Å². The van der Waals surface area contributed by atoms with Crippen LogP contribution in [0.4, 0.5) is 5.95 Å². The Bertz CT molecular complexity index is 807. The molecule has 0 bridgehead atoms. The van der Waals surface area contributed by atoms with Gasteiger partial charge < -0.3 is 14.5 Å². The fourth-order valence-electron chi connectivity index (χ4n) is 2.18. The summed E-state index contributed by atoms with van der Waals surface area (Å²) in [6.45, 7) is 2.48. The van der Waals surface area contributed by atoms with Crippen LogP contribution in [0.25, 0.3) is 11.6 Å². The Morgan fingerprint density at radius 1 is 1.29 bits per heavy atom. The largest absolute Gasteiger partial charge is 0.461 e. The number of furan rings is 1. The van der Waals surface area contributed by atoms with Crippen molar-refractivity contribution in [1.82, 2.24) is 14.8 Å². The van der Waals surface area contributed by atoms with Crippen LogP contribution in [-0.4, -0.2) is 34.4 Å². The molecule has 1 aromatic carbocycles. The van der Waals surface area contributed by atoms with Gasteiger partial charge in [0.2, 0.25) is 11.8 Å². The Hall–Kier alpha value is -2.93. The molecule has 3 aromatic rings. The highest BCUT2D eigenvalue weighted by molar-refractivity contribution is 5.82. The Balaban J connectivity index is 1.84. The first-order valence-electron chi connectivity index (χ1n) is 7.50. The second kappa shape index (κ2) is 7.10. The minimum Gasteiger partial charge on any atom is -0.461 e. The van der Waals surface area contributed by atoms with Crippen molar-refractivity contribution in [3.63, 3.8) is 0 Å². The number of nitrogens with zero attached hydrogens (tertiary/aromatic N) is 3. The fourth-order valence-corrected chi connectivity index (χ4v) is 2.18. The van der Waals surface area contributed by atoms with Crippen molar-refractivity contribution < 1.29 is 13.9 Å². The van der Waals surface area contributed by atoms with Gasteiger partial charge in [0, 0.05) is 13.7 Å². The zero-order valence-corrected chi connectivity index (χ0v) is 13.5. The standard InChI is InChI=1S/C17H18N4O3/c1-12-5-7-13(8-6-12)10-18-17-19-16(14-4-3-9-24-14)20-21(17)15(22)11-23-2/h3-9H,10-11H2,1-2H3,(H,18,19,20). The predicted octanol–water partition coefficient (Wildman–Crippen LogP) is 2.75. The second-order valence-corrected chi connectivity index (χ2v) is 5.31. The number of nitrogens with one attached hydrogen (secondary N) is 1. The molecule has 0 saturated carbocycles. The van der Waals surface area contributed by atoms with Gasteiger partial charge in [-0.25, -0.2) is 0 Å². The van der Waals surface area contributed by atoms with Crippen LogP contribution in [0.1, 0.15) is 15.9 Å². The summed E-state index contributed by atoms with van der Waals surface area (Å²) in [5.74, 6) is 0.881. The summed E-state index contributed by atoms with van der Waals surface area (Å²) in [6.07, 6.45) is 1.53. The van der Waals surface area contributed by atoms with Crippen molar-refractivity contribution in [2.75, 3.05) is 19.0 Å². The third-order valence-corrected chi connectivity index (χ3v) is 3.42. The van der Waals surface area contributed by atoms with Crippen LogP contribution in [0, 0.1) is 6.92 Å². The normalized spacial score (nSPS) is 10.8. The van der Waals surface area contributed by atoms with Crippen molar-refractivity contribution in [2.24, 2.45) is 0 Å². The molecule has 124 valence electrons. The number of methoxy groups -OCH3 is 1. The van der Waals surface area contributed by atoms with Crippen molar-refractivity contribution >= 4 is 11.9 Å². The lowest BCUT2D eigenvalue weighted by Gasteiger charge is -2.07. The third kappa shape index (κ3) is 3.52. The maximum Gasteiger partial charge on any atom is 0.276 e. The Kier molecular flexibility index (Phi) is 4.72. The van der Waals surface area contributed by atoms with Gasteiger partial charge in [0.05, 0.1) is 6.26 Å². The van der Waals surface area contributed by atoms with Crippen LogP contribution in [0.3, 0.4) is 0 Å². The lowest BCUT2D eigenvalue weighted by atomic mass is 10.1. The third-order valence-electron chi connectivity index (χ3n) is 3.42. The number of hydrogen-bond acceptors (Lipinski definition) is 6. The van der Waals surface area contributed by atoms with E-state index in [1.807, 2.05) is 31.2 Å². The van der Waals surface area contributed by atoms with E-state index in [-0.39, 0.29) is 12.5 Å². The van der Waals surface area contributed by atoms with Gasteiger partial charge in [0.25, 0.3) is 5.91 Å². The number of anilines is 1. The number of aryl methyl sites for hydroxylation is 1. The number of hydrogen-bond donors (Lipinski definition) is 1. The second-order valence-electron chi connectivity index (χ2n) is 5.31. The molecule has 7 nitrogen and oxygen atoms in total. The molecule has 2 aromatic heterocycles. The fraction of sp³-hybridized carbons (Fsp3) is 0.235. The lowest BCUT2D eigenvalue weighted by Crippen LogP contribution is -2.20. The number of rotatable bonds is 6. The van der Waals surface area contributed by atoms with Crippen LogP contribution >= 0.6 is 0 Å². The molecular formula is C17H18N4O3. The number of ether oxygens (including phenoxy) is 1. The van der Waals surface area contributed by atoms with Gasteiger partial charge in [-0.1, -0.05) is 29.8 Å². The molecule has 0 aliphatic carbocycles. The van der Waals surface area contributed by atoms with Crippen LogP contribution in [-0.2, 0) is 11.3 Å². The van der Waals surface area contributed by atoms with Gasteiger partial charge in [-0.3, -0.25) is 4.79 Å². The first-order valence-corrected chi connectivity index (χ1v) is 7.50. The average molecular weight is 326 g/mol. The smallest absolute Gasteiger partial charge is 0.276 e. The quantitative estimate of drug-likeness (QED) is 0.750. The maximum absolute atomic E-state index is 12.2. The highest BCUT2D eigenvalue weighted by Gasteiger charge is 2.18. The monoisotopic (exact) mass is 326 g/mol. The molecule has 24 heavy (non-hydrogen) atoms. The topological polar surface area (TPSA) is 82.2 Å². The molecule has 0 spiro atoms. The van der Waals surface area contributed by atoms with Gasteiger partial charge in [0.1, 0.15) is 6.61 Å². The summed E-state index contributed by atoms with van der Waals surface area (Å²) >= 11 is 0. The summed E-state index contributed by atoms with van der Waals surface area (Å²) in [4.78, 5) is 16.5. The highest BCUT2D eigenvalue weighted by atomic mass is 16.5. The van der Waals surface area contributed by atoms with E-state index >= 15 is 0 Å². The predicted molar refractivity (Wildman–Crippen MR) is 88.7 cm³/mol. The van der Waals surface area contributed by atoms with E-state index in [9.17, 15) is 4.79 Å². The molecule has 0 atom stereocenters. The van der Waals surface area contributed by atoms with Gasteiger partial charge in [-0.05, 0) is 24.6 Å². The highest BCUT2D eigenvalue weighted by Crippen LogP contribution is 2.18.